The molecule has 1 unspecified atom stereocenters. The van der Waals surface area contributed by atoms with Gasteiger partial charge in [0.1, 0.15) is 6.54 Å². The van der Waals surface area contributed by atoms with Gasteiger partial charge in [-0.15, -0.1) is 0 Å². The summed E-state index contributed by atoms with van der Waals surface area (Å²) in [5.41, 5.74) is 2.30. The second-order valence-corrected chi connectivity index (χ2v) is 6.81. The van der Waals surface area contributed by atoms with E-state index in [2.05, 4.69) is 17.2 Å². The van der Waals surface area contributed by atoms with Crippen LogP contribution in [-0.4, -0.2) is 27.6 Å². The first-order valence-electron chi connectivity index (χ1n) is 8.93. The number of hydrogen-bond acceptors (Lipinski definition) is 3. The maximum absolute atomic E-state index is 12.8. The fourth-order valence-electron chi connectivity index (χ4n) is 3.78. The maximum atomic E-state index is 12.8. The second-order valence-electron chi connectivity index (χ2n) is 6.81. The van der Waals surface area contributed by atoms with Crippen LogP contribution in [0.25, 0.3) is 10.8 Å². The summed E-state index contributed by atoms with van der Waals surface area (Å²) in [6.45, 7) is -0.0428. The number of carbonyl (C=O) groups is 1. The molecule has 2 aromatic carbocycles. The third-order valence-electron chi connectivity index (χ3n) is 5.25. The van der Waals surface area contributed by atoms with Gasteiger partial charge in [0.15, 0.2) is 0 Å². The van der Waals surface area contributed by atoms with Crippen molar-refractivity contribution in [2.75, 3.05) is 7.05 Å². The van der Waals surface area contributed by atoms with Crippen LogP contribution in [0.1, 0.15) is 30.0 Å². The SMILES string of the molecule is CN(C(=O)Cn1ncc2ccccc2c1=O)C1CCCc2ccccc21. The Morgan fingerprint density at radius 2 is 1.96 bits per heavy atom. The zero-order valence-electron chi connectivity index (χ0n) is 14.8. The van der Waals surface area contributed by atoms with Crippen LogP contribution in [0.4, 0.5) is 0 Å². The molecule has 1 aliphatic carbocycles. The molecule has 0 saturated carbocycles. The van der Waals surface area contributed by atoms with Crippen molar-refractivity contribution in [3.63, 3.8) is 0 Å². The molecule has 26 heavy (non-hydrogen) atoms. The summed E-state index contributed by atoms with van der Waals surface area (Å²) in [6, 6.07) is 15.7. The van der Waals surface area contributed by atoms with Gasteiger partial charge in [-0.05, 0) is 36.5 Å². The van der Waals surface area contributed by atoms with E-state index >= 15 is 0 Å². The van der Waals surface area contributed by atoms with E-state index in [1.165, 1.54) is 15.8 Å². The molecule has 1 amide bonds. The highest BCUT2D eigenvalue weighted by Gasteiger charge is 2.26. The van der Waals surface area contributed by atoms with Crippen LogP contribution >= 0.6 is 0 Å². The van der Waals surface area contributed by atoms with Crippen molar-refractivity contribution in [2.24, 2.45) is 0 Å². The van der Waals surface area contributed by atoms with Gasteiger partial charge in [0.2, 0.25) is 5.91 Å². The smallest absolute Gasteiger partial charge is 0.275 e. The topological polar surface area (TPSA) is 55.2 Å². The summed E-state index contributed by atoms with van der Waals surface area (Å²) >= 11 is 0. The third-order valence-corrected chi connectivity index (χ3v) is 5.25. The van der Waals surface area contributed by atoms with Gasteiger partial charge in [-0.3, -0.25) is 9.59 Å². The van der Waals surface area contributed by atoms with Gasteiger partial charge in [-0.25, -0.2) is 4.68 Å². The Balaban J connectivity index is 1.59. The van der Waals surface area contributed by atoms with Crippen molar-refractivity contribution >= 4 is 16.7 Å². The van der Waals surface area contributed by atoms with E-state index in [-0.39, 0.29) is 24.1 Å². The second kappa shape index (κ2) is 6.75. The molecule has 132 valence electrons. The minimum absolute atomic E-state index is 0.0428. The van der Waals surface area contributed by atoms with Crippen LogP contribution in [-0.2, 0) is 17.8 Å². The Morgan fingerprint density at radius 3 is 2.85 bits per heavy atom. The number of aromatic nitrogens is 2. The Kier molecular flexibility index (Phi) is 4.29. The Labute approximate surface area is 151 Å². The number of fused-ring (bicyclic) bond motifs is 2. The molecule has 0 fully saturated rings. The molecule has 4 rings (SSSR count). The van der Waals surface area contributed by atoms with Gasteiger partial charge in [0.05, 0.1) is 17.6 Å². The van der Waals surface area contributed by atoms with Crippen LogP contribution in [0.15, 0.2) is 59.5 Å². The van der Waals surface area contributed by atoms with E-state index in [1.807, 2.05) is 37.4 Å². The number of nitrogens with zero attached hydrogens (tertiary/aromatic N) is 3. The van der Waals surface area contributed by atoms with E-state index in [4.69, 9.17) is 0 Å². The zero-order valence-corrected chi connectivity index (χ0v) is 14.8. The molecule has 1 aliphatic rings. The van der Waals surface area contributed by atoms with Crippen LogP contribution in [0.2, 0.25) is 0 Å². The summed E-state index contributed by atoms with van der Waals surface area (Å²) in [7, 11) is 1.82. The van der Waals surface area contributed by atoms with Crippen molar-refractivity contribution < 1.29 is 4.79 Å². The van der Waals surface area contributed by atoms with Crippen molar-refractivity contribution in [3.05, 3.63) is 76.2 Å². The van der Waals surface area contributed by atoms with Gasteiger partial charge in [0.25, 0.3) is 5.56 Å². The van der Waals surface area contributed by atoms with E-state index in [0.717, 1.165) is 24.6 Å². The predicted octanol–water partition coefficient (Wildman–Crippen LogP) is 2.93. The molecule has 1 aromatic heterocycles. The average molecular weight is 347 g/mol. The fourth-order valence-corrected chi connectivity index (χ4v) is 3.78. The number of benzene rings is 2. The molecule has 0 N–H and O–H groups in total. The van der Waals surface area contributed by atoms with Gasteiger partial charge in [0, 0.05) is 12.4 Å². The van der Waals surface area contributed by atoms with Crippen molar-refractivity contribution in [1.29, 1.82) is 0 Å². The molecule has 1 atom stereocenters. The van der Waals surface area contributed by atoms with Gasteiger partial charge < -0.3 is 4.90 Å². The number of aryl methyl sites for hydroxylation is 1. The summed E-state index contributed by atoms with van der Waals surface area (Å²) in [6.07, 6.45) is 4.70. The lowest BCUT2D eigenvalue weighted by atomic mass is 9.87. The number of carbonyl (C=O) groups excluding carboxylic acids is 1. The van der Waals surface area contributed by atoms with Crippen molar-refractivity contribution in [1.82, 2.24) is 14.7 Å². The molecule has 3 aromatic rings. The first-order chi connectivity index (χ1) is 12.6. The number of amides is 1. The van der Waals surface area contributed by atoms with Crippen LogP contribution in [0, 0.1) is 0 Å². The standard InChI is InChI=1S/C21H21N3O2/c1-23(19-12-6-9-15-7-2-4-10-17(15)19)20(25)14-24-21(26)18-11-5-3-8-16(18)13-22-24/h2-5,7-8,10-11,13,19H,6,9,12,14H2,1H3. The van der Waals surface area contributed by atoms with Gasteiger partial charge in [-0.1, -0.05) is 42.5 Å². The molecular weight excluding hydrogens is 326 g/mol. The summed E-state index contributed by atoms with van der Waals surface area (Å²) in [4.78, 5) is 27.2. The van der Waals surface area contributed by atoms with Gasteiger partial charge in [-0.2, -0.15) is 5.10 Å². The Bertz CT molecular complexity index is 1020. The van der Waals surface area contributed by atoms with Crippen LogP contribution < -0.4 is 5.56 Å². The number of rotatable bonds is 3. The highest BCUT2D eigenvalue weighted by Crippen LogP contribution is 2.33. The average Bonchev–Trinajstić information content (AvgIpc) is 2.69. The molecule has 5 heteroatoms. The molecule has 0 spiro atoms. The molecule has 0 bridgehead atoms. The number of hydrogen-bond donors (Lipinski definition) is 0. The molecule has 5 nitrogen and oxygen atoms in total. The minimum atomic E-state index is -0.228. The van der Waals surface area contributed by atoms with E-state index in [9.17, 15) is 9.59 Å². The molecule has 0 saturated heterocycles. The summed E-state index contributed by atoms with van der Waals surface area (Å²) < 4.78 is 1.26. The first kappa shape index (κ1) is 16.5. The molecular formula is C21H21N3O2. The zero-order chi connectivity index (χ0) is 18.1. The Hall–Kier alpha value is -2.95. The van der Waals surface area contributed by atoms with Crippen molar-refractivity contribution in [3.8, 4) is 0 Å². The number of likely N-dealkylation sites (N-methyl/N-ethyl adjacent to an activating group) is 1. The highest BCUT2D eigenvalue weighted by molar-refractivity contribution is 5.81. The first-order valence-corrected chi connectivity index (χ1v) is 8.93. The third kappa shape index (κ3) is 2.90. The van der Waals surface area contributed by atoms with Gasteiger partial charge >= 0.3 is 0 Å². The maximum Gasteiger partial charge on any atom is 0.275 e. The molecule has 0 radical (unpaired) electrons. The lowest BCUT2D eigenvalue weighted by molar-refractivity contribution is -0.133. The summed E-state index contributed by atoms with van der Waals surface area (Å²) in [5.74, 6) is -0.100. The minimum Gasteiger partial charge on any atom is -0.337 e. The lowest BCUT2D eigenvalue weighted by Gasteiger charge is -2.33. The Morgan fingerprint density at radius 1 is 1.19 bits per heavy atom. The lowest BCUT2D eigenvalue weighted by Crippen LogP contribution is -2.38. The molecule has 1 heterocycles. The monoisotopic (exact) mass is 347 g/mol. The van der Waals surface area contributed by atoms with E-state index < -0.39 is 0 Å². The summed E-state index contributed by atoms with van der Waals surface area (Å²) in [5, 5.41) is 5.55. The fraction of sp³-hybridized carbons (Fsp3) is 0.286. The van der Waals surface area contributed by atoms with Crippen LogP contribution in [0.5, 0.6) is 0 Å². The highest BCUT2D eigenvalue weighted by atomic mass is 16.2. The van der Waals surface area contributed by atoms with E-state index in [1.54, 1.807) is 17.2 Å². The van der Waals surface area contributed by atoms with E-state index in [0.29, 0.717) is 5.39 Å². The quantitative estimate of drug-likeness (QED) is 0.732. The van der Waals surface area contributed by atoms with Crippen LogP contribution in [0.3, 0.4) is 0 Å². The predicted molar refractivity (Wildman–Crippen MR) is 101 cm³/mol. The molecule has 0 aliphatic heterocycles. The van der Waals surface area contributed by atoms with Crippen molar-refractivity contribution in [2.45, 2.75) is 31.8 Å². The largest absolute Gasteiger partial charge is 0.337 e. The normalized spacial score (nSPS) is 16.3.